The minimum Gasteiger partial charge on any atom is -0.333 e. The van der Waals surface area contributed by atoms with Gasteiger partial charge >= 0.3 is 6.03 Å². The van der Waals surface area contributed by atoms with Crippen molar-refractivity contribution in [1.82, 2.24) is 30.8 Å². The molecule has 0 atom stereocenters. The highest BCUT2D eigenvalue weighted by molar-refractivity contribution is 7.99. The Kier molecular flexibility index (Phi) is 6.77. The number of hydrogen-bond acceptors (Lipinski definition) is 7. The van der Waals surface area contributed by atoms with Gasteiger partial charge in [0.25, 0.3) is 0 Å². The van der Waals surface area contributed by atoms with Gasteiger partial charge in [-0.3, -0.25) is 10.1 Å². The summed E-state index contributed by atoms with van der Waals surface area (Å²) in [6.07, 6.45) is 0. The number of carbonyl (C=O) groups is 2. The normalized spacial score (nSPS) is 10.8. The summed E-state index contributed by atoms with van der Waals surface area (Å²) in [4.78, 5) is 24.8. The minimum absolute atomic E-state index is 0.0247. The quantitative estimate of drug-likeness (QED) is 0.574. The molecular formula is C18H20N6O2S2. The number of carbonyl (C=O) groups excluding carboxylic acids is 2. The zero-order valence-corrected chi connectivity index (χ0v) is 17.1. The molecule has 0 bridgehead atoms. The molecule has 8 nitrogen and oxygen atoms in total. The molecular weight excluding hydrogens is 396 g/mol. The van der Waals surface area contributed by atoms with Crippen molar-refractivity contribution >= 4 is 35.0 Å². The predicted molar refractivity (Wildman–Crippen MR) is 109 cm³/mol. The molecule has 146 valence electrons. The van der Waals surface area contributed by atoms with Crippen LogP contribution in [-0.2, 0) is 11.3 Å². The third kappa shape index (κ3) is 5.40. The lowest BCUT2D eigenvalue weighted by Crippen LogP contribution is -2.39. The second kappa shape index (κ2) is 9.47. The molecule has 10 heteroatoms. The molecule has 0 saturated carbocycles. The van der Waals surface area contributed by atoms with E-state index in [1.165, 1.54) is 16.9 Å². The molecule has 2 aromatic heterocycles. The van der Waals surface area contributed by atoms with E-state index in [1.54, 1.807) is 4.68 Å². The molecule has 0 saturated heterocycles. The van der Waals surface area contributed by atoms with Crippen molar-refractivity contribution in [3.8, 4) is 5.69 Å². The molecule has 0 aliphatic heterocycles. The second-order valence-corrected chi connectivity index (χ2v) is 8.19. The summed E-state index contributed by atoms with van der Waals surface area (Å²) >= 11 is 2.70. The average Bonchev–Trinajstić information content (AvgIpc) is 3.36. The number of nitrogens with one attached hydrogen (secondary N) is 2. The summed E-state index contributed by atoms with van der Waals surface area (Å²) in [6, 6.07) is 11.2. The van der Waals surface area contributed by atoms with Crippen molar-refractivity contribution in [2.24, 2.45) is 0 Å². The summed E-state index contributed by atoms with van der Waals surface area (Å²) in [6.45, 7) is 4.64. The van der Waals surface area contributed by atoms with Gasteiger partial charge in [-0.05, 0) is 45.5 Å². The smallest absolute Gasteiger partial charge is 0.321 e. The number of aromatic nitrogens is 4. The van der Waals surface area contributed by atoms with E-state index in [2.05, 4.69) is 40.0 Å². The molecule has 1 aromatic carbocycles. The van der Waals surface area contributed by atoms with Crippen LogP contribution in [0.5, 0.6) is 0 Å². The van der Waals surface area contributed by atoms with Crippen molar-refractivity contribution in [1.29, 1.82) is 0 Å². The van der Waals surface area contributed by atoms with Gasteiger partial charge in [-0.15, -0.1) is 16.4 Å². The maximum atomic E-state index is 12.0. The molecule has 3 rings (SSSR count). The predicted octanol–water partition coefficient (Wildman–Crippen LogP) is 2.97. The van der Waals surface area contributed by atoms with Crippen LogP contribution in [0.4, 0.5) is 4.79 Å². The summed E-state index contributed by atoms with van der Waals surface area (Å²) < 4.78 is 1.57. The van der Waals surface area contributed by atoms with Crippen molar-refractivity contribution in [2.45, 2.75) is 31.5 Å². The monoisotopic (exact) mass is 416 g/mol. The third-order valence-electron chi connectivity index (χ3n) is 3.83. The topological polar surface area (TPSA) is 102 Å². The van der Waals surface area contributed by atoms with Gasteiger partial charge in [-0.25, -0.2) is 4.79 Å². The number of imide groups is 1. The molecule has 28 heavy (non-hydrogen) atoms. The number of amides is 3. The second-order valence-electron chi connectivity index (χ2n) is 6.22. The lowest BCUT2D eigenvalue weighted by atomic mass is 10.0. The van der Waals surface area contributed by atoms with E-state index >= 15 is 0 Å². The van der Waals surface area contributed by atoms with Crippen LogP contribution in [-0.4, -0.2) is 37.9 Å². The molecule has 2 heterocycles. The first-order valence-corrected chi connectivity index (χ1v) is 10.5. The van der Waals surface area contributed by atoms with Crippen LogP contribution < -0.4 is 10.6 Å². The zero-order valence-electron chi connectivity index (χ0n) is 15.5. The Morgan fingerprint density at radius 2 is 2.00 bits per heavy atom. The number of tetrazole rings is 1. The van der Waals surface area contributed by atoms with Crippen molar-refractivity contribution < 1.29 is 9.59 Å². The minimum atomic E-state index is -0.525. The SMILES string of the molecule is CC(C)c1ccc(-n2nnnc2SCC(=O)NC(=O)NCc2cccs2)cc1. The number of rotatable bonds is 7. The fourth-order valence-electron chi connectivity index (χ4n) is 2.35. The van der Waals surface area contributed by atoms with E-state index in [9.17, 15) is 9.59 Å². The van der Waals surface area contributed by atoms with Gasteiger partial charge in [0.1, 0.15) is 0 Å². The van der Waals surface area contributed by atoms with Crippen molar-refractivity contribution in [3.05, 3.63) is 52.2 Å². The maximum absolute atomic E-state index is 12.0. The number of nitrogens with zero attached hydrogens (tertiary/aromatic N) is 4. The van der Waals surface area contributed by atoms with Crippen LogP contribution in [0.2, 0.25) is 0 Å². The lowest BCUT2D eigenvalue weighted by molar-refractivity contribution is -0.117. The van der Waals surface area contributed by atoms with E-state index in [0.717, 1.165) is 22.3 Å². The number of hydrogen-bond donors (Lipinski definition) is 2. The van der Waals surface area contributed by atoms with Gasteiger partial charge in [0.05, 0.1) is 18.0 Å². The van der Waals surface area contributed by atoms with E-state index in [-0.39, 0.29) is 5.75 Å². The molecule has 0 fully saturated rings. The number of thioether (sulfide) groups is 1. The maximum Gasteiger partial charge on any atom is 0.321 e. The summed E-state index contributed by atoms with van der Waals surface area (Å²) in [7, 11) is 0. The van der Waals surface area contributed by atoms with Gasteiger partial charge in [0, 0.05) is 4.88 Å². The Balaban J connectivity index is 1.51. The van der Waals surface area contributed by atoms with Gasteiger partial charge < -0.3 is 5.32 Å². The molecule has 0 radical (unpaired) electrons. The summed E-state index contributed by atoms with van der Waals surface area (Å²) in [5.74, 6) is 0.0430. The molecule has 0 spiro atoms. The van der Waals surface area contributed by atoms with Crippen molar-refractivity contribution in [3.63, 3.8) is 0 Å². The van der Waals surface area contributed by atoms with Crippen LogP contribution in [0, 0.1) is 0 Å². The highest BCUT2D eigenvalue weighted by atomic mass is 32.2. The van der Waals surface area contributed by atoms with E-state index in [0.29, 0.717) is 17.6 Å². The summed E-state index contributed by atoms with van der Waals surface area (Å²) in [5.41, 5.74) is 2.03. The van der Waals surface area contributed by atoms with Gasteiger partial charge in [-0.1, -0.05) is 43.8 Å². The van der Waals surface area contributed by atoms with Crippen LogP contribution in [0.25, 0.3) is 5.69 Å². The molecule has 3 amide bonds. The molecule has 3 aromatic rings. The highest BCUT2D eigenvalue weighted by Crippen LogP contribution is 2.20. The number of benzene rings is 1. The first kappa shape index (κ1) is 20.0. The molecule has 0 aliphatic carbocycles. The van der Waals surface area contributed by atoms with Crippen molar-refractivity contribution in [2.75, 3.05) is 5.75 Å². The van der Waals surface area contributed by atoms with E-state index in [1.807, 2.05) is 41.8 Å². The average molecular weight is 417 g/mol. The largest absolute Gasteiger partial charge is 0.333 e. The van der Waals surface area contributed by atoms with Gasteiger partial charge in [0.15, 0.2) is 0 Å². The Morgan fingerprint density at radius 3 is 2.68 bits per heavy atom. The first-order valence-electron chi connectivity index (χ1n) is 8.64. The third-order valence-corrected chi connectivity index (χ3v) is 5.63. The Hall–Kier alpha value is -2.72. The van der Waals surface area contributed by atoms with E-state index in [4.69, 9.17) is 0 Å². The fraction of sp³-hybridized carbons (Fsp3) is 0.278. The van der Waals surface area contributed by atoms with E-state index < -0.39 is 11.9 Å². The molecule has 0 unspecified atom stereocenters. The van der Waals surface area contributed by atoms with Crippen LogP contribution in [0.15, 0.2) is 46.9 Å². The molecule has 0 aliphatic rings. The Morgan fingerprint density at radius 1 is 1.21 bits per heavy atom. The lowest BCUT2D eigenvalue weighted by Gasteiger charge is -2.08. The standard InChI is InChI=1S/C18H20N6O2S2/c1-12(2)13-5-7-14(8-6-13)24-18(21-22-23-24)28-11-16(25)20-17(26)19-10-15-4-3-9-27-15/h3-9,12H,10-11H2,1-2H3,(H2,19,20,25,26). The Labute approximate surface area is 170 Å². The number of urea groups is 1. The van der Waals surface area contributed by atoms with Crippen LogP contribution >= 0.6 is 23.1 Å². The Bertz CT molecular complexity index is 922. The van der Waals surface area contributed by atoms with Gasteiger partial charge in [0.2, 0.25) is 11.1 Å². The first-order chi connectivity index (χ1) is 13.5. The molecule has 2 N–H and O–H groups in total. The van der Waals surface area contributed by atoms with Crippen LogP contribution in [0.1, 0.15) is 30.2 Å². The number of thiophene rings is 1. The van der Waals surface area contributed by atoms with Gasteiger partial charge in [-0.2, -0.15) is 4.68 Å². The zero-order chi connectivity index (χ0) is 19.9. The van der Waals surface area contributed by atoms with Crippen LogP contribution in [0.3, 0.4) is 0 Å². The summed E-state index contributed by atoms with van der Waals surface area (Å²) in [5, 5.41) is 19.0. The highest BCUT2D eigenvalue weighted by Gasteiger charge is 2.13. The fourth-order valence-corrected chi connectivity index (χ4v) is 3.68.